The average molecular weight is 375 g/mol. The summed E-state index contributed by atoms with van der Waals surface area (Å²) in [4.78, 5) is 25.7. The molecule has 1 aliphatic carbocycles. The number of rotatable bonds is 6. The predicted octanol–water partition coefficient (Wildman–Crippen LogP) is 4.03. The molecular weight excluding hydrogens is 354 g/mol. The van der Waals surface area contributed by atoms with Crippen molar-refractivity contribution in [2.75, 3.05) is 7.11 Å². The highest BCUT2D eigenvalue weighted by atomic mass is 16.5. The molecule has 0 spiro atoms. The smallest absolute Gasteiger partial charge is 0.343 e. The monoisotopic (exact) mass is 375 g/mol. The maximum absolute atomic E-state index is 13.0. The minimum atomic E-state index is -1.01. The van der Waals surface area contributed by atoms with Gasteiger partial charge in [-0.1, -0.05) is 54.6 Å². The Kier molecular flexibility index (Phi) is 4.98. The molecule has 0 bridgehead atoms. The number of methoxy groups -OCH3 is 1. The minimum absolute atomic E-state index is 0.174. The van der Waals surface area contributed by atoms with E-state index in [9.17, 15) is 9.59 Å². The van der Waals surface area contributed by atoms with Crippen LogP contribution in [0.2, 0.25) is 0 Å². The van der Waals surface area contributed by atoms with Gasteiger partial charge in [-0.05, 0) is 35.7 Å². The molecule has 3 aromatic rings. The summed E-state index contributed by atoms with van der Waals surface area (Å²) in [5.74, 6) is -0.484. The fourth-order valence-electron chi connectivity index (χ4n) is 3.12. The number of ether oxygens (including phenoxy) is 2. The summed E-state index contributed by atoms with van der Waals surface area (Å²) in [6.07, 6.45) is 0.907. The number of hydrogen-bond acceptors (Lipinski definition) is 4. The molecule has 142 valence electrons. The molecule has 28 heavy (non-hydrogen) atoms. The molecule has 0 unspecified atom stereocenters. The van der Waals surface area contributed by atoms with Crippen molar-refractivity contribution in [2.24, 2.45) is 0 Å². The van der Waals surface area contributed by atoms with Crippen LogP contribution in [-0.4, -0.2) is 25.0 Å². The second-order valence-corrected chi connectivity index (χ2v) is 6.88. The maximum Gasteiger partial charge on any atom is 0.343 e. The summed E-state index contributed by atoms with van der Waals surface area (Å²) in [6, 6.07) is 20.4. The highest BCUT2D eigenvalue weighted by Crippen LogP contribution is 2.29. The van der Waals surface area contributed by atoms with Crippen molar-refractivity contribution in [3.05, 3.63) is 77.9 Å². The molecule has 0 aliphatic heterocycles. The molecule has 5 nitrogen and oxygen atoms in total. The van der Waals surface area contributed by atoms with Gasteiger partial charge in [-0.3, -0.25) is 4.79 Å². The van der Waals surface area contributed by atoms with Crippen LogP contribution in [0, 0.1) is 0 Å². The van der Waals surface area contributed by atoms with E-state index in [1.165, 1.54) is 7.11 Å². The zero-order valence-corrected chi connectivity index (χ0v) is 15.6. The van der Waals surface area contributed by atoms with Gasteiger partial charge in [0.15, 0.2) is 0 Å². The molecule has 1 amide bonds. The van der Waals surface area contributed by atoms with E-state index in [0.29, 0.717) is 16.9 Å². The van der Waals surface area contributed by atoms with Crippen molar-refractivity contribution in [1.29, 1.82) is 0 Å². The van der Waals surface area contributed by atoms with E-state index in [2.05, 4.69) is 5.32 Å². The molecule has 3 aromatic carbocycles. The van der Waals surface area contributed by atoms with Crippen LogP contribution in [-0.2, 0) is 9.53 Å². The van der Waals surface area contributed by atoms with E-state index >= 15 is 0 Å². The van der Waals surface area contributed by atoms with E-state index in [4.69, 9.17) is 9.47 Å². The molecular formula is C23H21NO4. The average Bonchev–Trinajstić information content (AvgIpc) is 3.55. The van der Waals surface area contributed by atoms with E-state index in [-0.39, 0.29) is 11.9 Å². The molecule has 0 radical (unpaired) electrons. The van der Waals surface area contributed by atoms with Crippen LogP contribution in [0.5, 0.6) is 5.75 Å². The van der Waals surface area contributed by atoms with Crippen LogP contribution in [0.15, 0.2) is 66.7 Å². The minimum Gasteiger partial charge on any atom is -0.496 e. The Hall–Kier alpha value is -3.34. The molecule has 5 heteroatoms. The van der Waals surface area contributed by atoms with Gasteiger partial charge in [-0.25, -0.2) is 4.79 Å². The van der Waals surface area contributed by atoms with Crippen LogP contribution >= 0.6 is 0 Å². The van der Waals surface area contributed by atoms with Crippen LogP contribution in [0.25, 0.3) is 10.8 Å². The standard InChI is InChI=1S/C23H21NO4/c1-27-20-14-17-10-6-5-9-16(17)13-19(20)23(26)28-21(15-7-3-2-4-8-15)22(25)24-18-11-12-18/h2-10,13-14,18,21H,11-12H2,1H3,(H,24,25)/t21-/m0/s1. The molecule has 0 heterocycles. The molecule has 4 rings (SSSR count). The number of hydrogen-bond donors (Lipinski definition) is 1. The third-order valence-electron chi connectivity index (χ3n) is 4.78. The number of esters is 1. The molecule has 1 saturated carbocycles. The third-order valence-corrected chi connectivity index (χ3v) is 4.78. The number of benzene rings is 3. The fraction of sp³-hybridized carbons (Fsp3) is 0.217. The zero-order chi connectivity index (χ0) is 19.5. The van der Waals surface area contributed by atoms with Gasteiger partial charge in [0.05, 0.1) is 7.11 Å². The van der Waals surface area contributed by atoms with Crippen LogP contribution in [0.3, 0.4) is 0 Å². The van der Waals surface area contributed by atoms with Gasteiger partial charge in [-0.2, -0.15) is 0 Å². The largest absolute Gasteiger partial charge is 0.496 e. The first kappa shape index (κ1) is 18.0. The summed E-state index contributed by atoms with van der Waals surface area (Å²) in [7, 11) is 1.51. The molecule has 0 aromatic heterocycles. The molecule has 1 N–H and O–H groups in total. The van der Waals surface area contributed by atoms with Crippen LogP contribution in [0.4, 0.5) is 0 Å². The first-order chi connectivity index (χ1) is 13.7. The van der Waals surface area contributed by atoms with Gasteiger partial charge in [0.2, 0.25) is 6.10 Å². The Labute approximate surface area is 163 Å². The number of nitrogens with one attached hydrogen (secondary N) is 1. The van der Waals surface area contributed by atoms with Crippen molar-refractivity contribution >= 4 is 22.6 Å². The van der Waals surface area contributed by atoms with Gasteiger partial charge in [0.25, 0.3) is 5.91 Å². The number of carbonyl (C=O) groups is 2. The van der Waals surface area contributed by atoms with Crippen molar-refractivity contribution in [3.63, 3.8) is 0 Å². The second-order valence-electron chi connectivity index (χ2n) is 6.88. The Morgan fingerprint density at radius 3 is 2.25 bits per heavy atom. The third kappa shape index (κ3) is 3.83. The van der Waals surface area contributed by atoms with Gasteiger partial charge >= 0.3 is 5.97 Å². The van der Waals surface area contributed by atoms with Crippen molar-refractivity contribution in [3.8, 4) is 5.75 Å². The van der Waals surface area contributed by atoms with Gasteiger partial charge in [0.1, 0.15) is 11.3 Å². The summed E-state index contributed by atoms with van der Waals surface area (Å²) in [5, 5.41) is 4.78. The second kappa shape index (κ2) is 7.72. The lowest BCUT2D eigenvalue weighted by atomic mass is 10.1. The molecule has 1 fully saturated rings. The topological polar surface area (TPSA) is 64.6 Å². The van der Waals surface area contributed by atoms with E-state index in [0.717, 1.165) is 23.6 Å². The Morgan fingerprint density at radius 2 is 1.61 bits per heavy atom. The number of carbonyl (C=O) groups excluding carboxylic acids is 2. The maximum atomic E-state index is 13.0. The van der Waals surface area contributed by atoms with Crippen LogP contribution in [0.1, 0.15) is 34.9 Å². The molecule has 1 aliphatic rings. The van der Waals surface area contributed by atoms with E-state index in [1.807, 2.05) is 42.5 Å². The van der Waals surface area contributed by atoms with E-state index in [1.54, 1.807) is 24.3 Å². The van der Waals surface area contributed by atoms with Gasteiger partial charge in [0, 0.05) is 11.6 Å². The summed E-state index contributed by atoms with van der Waals surface area (Å²) in [5.41, 5.74) is 0.926. The van der Waals surface area contributed by atoms with Gasteiger partial charge < -0.3 is 14.8 Å². The molecule has 1 atom stereocenters. The Morgan fingerprint density at radius 1 is 0.964 bits per heavy atom. The normalized spacial score (nSPS) is 14.3. The Bertz CT molecular complexity index is 1010. The van der Waals surface area contributed by atoms with Crippen LogP contribution < -0.4 is 10.1 Å². The first-order valence-electron chi connectivity index (χ1n) is 9.29. The zero-order valence-electron chi connectivity index (χ0n) is 15.6. The number of amides is 1. The lowest BCUT2D eigenvalue weighted by molar-refractivity contribution is -0.130. The quantitative estimate of drug-likeness (QED) is 0.661. The highest BCUT2D eigenvalue weighted by molar-refractivity contribution is 6.00. The molecule has 0 saturated heterocycles. The first-order valence-corrected chi connectivity index (χ1v) is 9.29. The lowest BCUT2D eigenvalue weighted by Gasteiger charge is -2.19. The summed E-state index contributed by atoms with van der Waals surface area (Å²) >= 11 is 0. The van der Waals surface area contributed by atoms with E-state index < -0.39 is 12.1 Å². The Balaban J connectivity index is 1.65. The fourth-order valence-corrected chi connectivity index (χ4v) is 3.12. The highest BCUT2D eigenvalue weighted by Gasteiger charge is 2.31. The lowest BCUT2D eigenvalue weighted by Crippen LogP contribution is -2.33. The summed E-state index contributed by atoms with van der Waals surface area (Å²) in [6.45, 7) is 0. The number of fused-ring (bicyclic) bond motifs is 1. The van der Waals surface area contributed by atoms with Crippen molar-refractivity contribution in [2.45, 2.75) is 25.0 Å². The van der Waals surface area contributed by atoms with Gasteiger partial charge in [-0.15, -0.1) is 0 Å². The van der Waals surface area contributed by atoms with Crippen molar-refractivity contribution in [1.82, 2.24) is 5.32 Å². The predicted molar refractivity (Wildman–Crippen MR) is 106 cm³/mol. The SMILES string of the molecule is COc1cc2ccccc2cc1C(=O)O[C@H](C(=O)NC1CC1)c1ccccc1. The van der Waals surface area contributed by atoms with Crippen molar-refractivity contribution < 1.29 is 19.1 Å². The summed E-state index contributed by atoms with van der Waals surface area (Å²) < 4.78 is 11.1.